The summed E-state index contributed by atoms with van der Waals surface area (Å²) in [7, 11) is 2.09. The van der Waals surface area contributed by atoms with E-state index in [0.717, 1.165) is 47.6 Å². The molecule has 1 fully saturated rings. The number of thioether (sulfide) groups is 1. The van der Waals surface area contributed by atoms with Crippen molar-refractivity contribution in [1.29, 1.82) is 0 Å². The van der Waals surface area contributed by atoms with Gasteiger partial charge in [-0.15, -0.1) is 11.8 Å². The first-order chi connectivity index (χ1) is 12.5. The second kappa shape index (κ2) is 7.18. The van der Waals surface area contributed by atoms with Crippen LogP contribution in [0.2, 0.25) is 5.02 Å². The number of piperidine rings is 1. The number of carbonyl (C=O) groups is 1. The standard InChI is InChI=1S/C19H21ClN4OS/c1-11-15-10-21-19(23-18(25)12-5-7-24(2)8-6-12)22-17(15)14-9-13(20)3-4-16(14)26-11/h3-4,9-12H,5-8H2,1-2H3,(H,21,22,23,25). The smallest absolute Gasteiger partial charge is 0.229 e. The highest BCUT2D eigenvalue weighted by molar-refractivity contribution is 7.99. The zero-order valence-electron chi connectivity index (χ0n) is 14.8. The first-order valence-electron chi connectivity index (χ1n) is 8.84. The number of fused-ring (bicyclic) bond motifs is 3. The lowest BCUT2D eigenvalue weighted by Crippen LogP contribution is -2.36. The maximum atomic E-state index is 12.6. The van der Waals surface area contributed by atoms with Gasteiger partial charge in [0.2, 0.25) is 11.9 Å². The third-order valence-electron chi connectivity index (χ3n) is 5.08. The number of hydrogen-bond donors (Lipinski definition) is 1. The number of halogens is 1. The molecule has 1 N–H and O–H groups in total. The summed E-state index contributed by atoms with van der Waals surface area (Å²) in [5, 5.41) is 3.86. The summed E-state index contributed by atoms with van der Waals surface area (Å²) in [6.45, 7) is 4.04. The number of aromatic nitrogens is 2. The summed E-state index contributed by atoms with van der Waals surface area (Å²) in [4.78, 5) is 25.0. The lowest BCUT2D eigenvalue weighted by molar-refractivity contribution is -0.121. The molecule has 1 amide bonds. The van der Waals surface area contributed by atoms with Gasteiger partial charge in [-0.1, -0.05) is 11.6 Å². The molecule has 1 aromatic heterocycles. The van der Waals surface area contributed by atoms with Crippen molar-refractivity contribution in [3.63, 3.8) is 0 Å². The molecular formula is C19H21ClN4OS. The van der Waals surface area contributed by atoms with Gasteiger partial charge in [-0.25, -0.2) is 9.97 Å². The van der Waals surface area contributed by atoms with Gasteiger partial charge >= 0.3 is 0 Å². The van der Waals surface area contributed by atoms with Crippen LogP contribution >= 0.6 is 23.4 Å². The van der Waals surface area contributed by atoms with E-state index >= 15 is 0 Å². The zero-order chi connectivity index (χ0) is 18.3. The lowest BCUT2D eigenvalue weighted by atomic mass is 9.96. The molecule has 1 aromatic carbocycles. The number of hydrogen-bond acceptors (Lipinski definition) is 5. The van der Waals surface area contributed by atoms with Crippen LogP contribution in [0.5, 0.6) is 0 Å². The zero-order valence-corrected chi connectivity index (χ0v) is 16.4. The van der Waals surface area contributed by atoms with Gasteiger partial charge in [-0.2, -0.15) is 0 Å². The van der Waals surface area contributed by atoms with E-state index in [2.05, 4.69) is 34.2 Å². The van der Waals surface area contributed by atoms with Crippen molar-refractivity contribution < 1.29 is 4.79 Å². The third-order valence-corrected chi connectivity index (χ3v) is 6.53. The van der Waals surface area contributed by atoms with Crippen molar-refractivity contribution >= 4 is 35.2 Å². The molecular weight excluding hydrogens is 368 g/mol. The largest absolute Gasteiger partial charge is 0.306 e. The van der Waals surface area contributed by atoms with Gasteiger partial charge in [0.05, 0.1) is 5.69 Å². The summed E-state index contributed by atoms with van der Waals surface area (Å²) >= 11 is 7.97. The number of nitrogens with one attached hydrogen (secondary N) is 1. The van der Waals surface area contributed by atoms with Crippen LogP contribution in [0.15, 0.2) is 29.3 Å². The van der Waals surface area contributed by atoms with Crippen LogP contribution in [0.1, 0.15) is 30.6 Å². The minimum atomic E-state index is 0.0163. The van der Waals surface area contributed by atoms with Gasteiger partial charge in [-0.05, 0) is 58.1 Å². The average molecular weight is 389 g/mol. The maximum Gasteiger partial charge on any atom is 0.229 e. The van der Waals surface area contributed by atoms with Crippen LogP contribution in [0.25, 0.3) is 11.3 Å². The Morgan fingerprint density at radius 3 is 2.88 bits per heavy atom. The van der Waals surface area contributed by atoms with E-state index in [9.17, 15) is 4.79 Å². The Labute approximate surface area is 162 Å². The van der Waals surface area contributed by atoms with E-state index in [0.29, 0.717) is 11.0 Å². The van der Waals surface area contributed by atoms with Crippen molar-refractivity contribution in [3.05, 3.63) is 35.0 Å². The Morgan fingerprint density at radius 2 is 2.12 bits per heavy atom. The SMILES string of the molecule is CC1Sc2ccc(Cl)cc2-c2nc(NC(=O)C3CCN(C)CC3)ncc21. The predicted octanol–water partition coefficient (Wildman–Crippen LogP) is 4.24. The van der Waals surface area contributed by atoms with Crippen LogP contribution < -0.4 is 5.32 Å². The maximum absolute atomic E-state index is 12.6. The first-order valence-corrected chi connectivity index (χ1v) is 10.1. The van der Waals surface area contributed by atoms with Crippen LogP contribution in [-0.4, -0.2) is 40.9 Å². The van der Waals surface area contributed by atoms with E-state index in [4.69, 9.17) is 11.6 Å². The van der Waals surface area contributed by atoms with Crippen molar-refractivity contribution in [2.45, 2.75) is 29.9 Å². The topological polar surface area (TPSA) is 58.1 Å². The fourth-order valence-electron chi connectivity index (χ4n) is 3.49. The van der Waals surface area contributed by atoms with E-state index < -0.39 is 0 Å². The molecule has 4 rings (SSSR count). The highest BCUT2D eigenvalue weighted by Gasteiger charge is 2.27. The summed E-state index contributed by atoms with van der Waals surface area (Å²) in [6, 6.07) is 5.86. The summed E-state index contributed by atoms with van der Waals surface area (Å²) in [6.07, 6.45) is 3.58. The molecule has 2 aliphatic rings. The molecule has 3 heterocycles. The number of carbonyl (C=O) groups excluding carboxylic acids is 1. The molecule has 0 saturated carbocycles. The minimum Gasteiger partial charge on any atom is -0.306 e. The number of amides is 1. The second-order valence-electron chi connectivity index (χ2n) is 6.96. The van der Waals surface area contributed by atoms with Crippen LogP contribution in [0.3, 0.4) is 0 Å². The highest BCUT2D eigenvalue weighted by atomic mass is 35.5. The van der Waals surface area contributed by atoms with Crippen molar-refractivity contribution in [1.82, 2.24) is 14.9 Å². The average Bonchev–Trinajstić information content (AvgIpc) is 2.63. The minimum absolute atomic E-state index is 0.0163. The summed E-state index contributed by atoms with van der Waals surface area (Å²) < 4.78 is 0. The number of nitrogens with zero attached hydrogens (tertiary/aromatic N) is 3. The Morgan fingerprint density at radius 1 is 1.35 bits per heavy atom. The Balaban J connectivity index is 1.60. The van der Waals surface area contributed by atoms with Crippen LogP contribution in [-0.2, 0) is 4.79 Å². The molecule has 0 spiro atoms. The Bertz CT molecular complexity index is 851. The number of anilines is 1. The molecule has 5 nitrogen and oxygen atoms in total. The van der Waals surface area contributed by atoms with Crippen molar-refractivity contribution in [3.8, 4) is 11.3 Å². The monoisotopic (exact) mass is 388 g/mol. The van der Waals surface area contributed by atoms with Crippen LogP contribution in [0, 0.1) is 5.92 Å². The van der Waals surface area contributed by atoms with E-state index in [1.165, 1.54) is 0 Å². The van der Waals surface area contributed by atoms with E-state index in [-0.39, 0.29) is 17.1 Å². The summed E-state index contributed by atoms with van der Waals surface area (Å²) in [5.74, 6) is 0.419. The molecule has 1 saturated heterocycles. The molecule has 0 radical (unpaired) electrons. The summed E-state index contributed by atoms with van der Waals surface area (Å²) in [5.41, 5.74) is 2.94. The normalized spacial score (nSPS) is 20.3. The van der Waals surface area contributed by atoms with Gasteiger partial charge in [0.15, 0.2) is 0 Å². The van der Waals surface area contributed by atoms with E-state index in [1.54, 1.807) is 11.8 Å². The first kappa shape index (κ1) is 17.8. The van der Waals surface area contributed by atoms with Gasteiger partial charge < -0.3 is 4.90 Å². The van der Waals surface area contributed by atoms with Crippen LogP contribution in [0.4, 0.5) is 5.95 Å². The lowest BCUT2D eigenvalue weighted by Gasteiger charge is -2.28. The fourth-order valence-corrected chi connectivity index (χ4v) is 4.77. The number of benzene rings is 1. The molecule has 2 aromatic rings. The molecule has 136 valence electrons. The van der Waals surface area contributed by atoms with Gasteiger partial charge in [-0.3, -0.25) is 10.1 Å². The third kappa shape index (κ3) is 3.46. The fraction of sp³-hybridized carbons (Fsp3) is 0.421. The Hall–Kier alpha value is -1.63. The van der Waals surface area contributed by atoms with E-state index in [1.807, 2.05) is 24.4 Å². The van der Waals surface area contributed by atoms with Gasteiger partial charge in [0.25, 0.3) is 0 Å². The molecule has 7 heteroatoms. The molecule has 0 bridgehead atoms. The predicted molar refractivity (Wildman–Crippen MR) is 106 cm³/mol. The van der Waals surface area contributed by atoms with Crippen molar-refractivity contribution in [2.75, 3.05) is 25.5 Å². The molecule has 1 unspecified atom stereocenters. The van der Waals surface area contributed by atoms with Crippen molar-refractivity contribution in [2.24, 2.45) is 5.92 Å². The highest BCUT2D eigenvalue weighted by Crippen LogP contribution is 2.48. The van der Waals surface area contributed by atoms with Gasteiger partial charge in [0.1, 0.15) is 0 Å². The second-order valence-corrected chi connectivity index (χ2v) is 8.78. The number of rotatable bonds is 2. The number of likely N-dealkylation sites (tertiary alicyclic amines) is 1. The molecule has 2 aliphatic heterocycles. The van der Waals surface area contributed by atoms with Gasteiger partial charge in [0, 0.05) is 38.4 Å². The Kier molecular flexibility index (Phi) is 4.90. The molecule has 0 aliphatic carbocycles. The molecule has 26 heavy (non-hydrogen) atoms. The molecule has 1 atom stereocenters. The quantitative estimate of drug-likeness (QED) is 0.833.